The molecule has 0 radical (unpaired) electrons. The third-order valence-electron chi connectivity index (χ3n) is 5.67. The lowest BCUT2D eigenvalue weighted by atomic mass is 9.92. The largest absolute Gasteiger partial charge is 0.360 e. The van der Waals surface area contributed by atoms with Crippen LogP contribution in [0.1, 0.15) is 12.5 Å². The van der Waals surface area contributed by atoms with Gasteiger partial charge in [-0.3, -0.25) is 4.79 Å². The van der Waals surface area contributed by atoms with Gasteiger partial charge in [0.05, 0.1) is 26.2 Å². The predicted octanol–water partition coefficient (Wildman–Crippen LogP) is 0.955. The van der Waals surface area contributed by atoms with E-state index in [4.69, 9.17) is 0 Å². The molecule has 0 spiro atoms. The Morgan fingerprint density at radius 2 is 1.68 bits per heavy atom. The van der Waals surface area contributed by atoms with Crippen molar-refractivity contribution in [3.8, 4) is 0 Å². The Morgan fingerprint density at radius 3 is 2.32 bits per heavy atom. The second-order valence-electron chi connectivity index (χ2n) is 7.53. The number of nitrogens with zero attached hydrogens (tertiary/aromatic N) is 2. The quantitative estimate of drug-likeness (QED) is 0.774. The number of urea groups is 1. The van der Waals surface area contributed by atoms with Crippen LogP contribution in [0.4, 0.5) is 14.9 Å². The summed E-state index contributed by atoms with van der Waals surface area (Å²) in [6, 6.07) is 15.5. The van der Waals surface area contributed by atoms with Crippen molar-refractivity contribution in [2.24, 2.45) is 0 Å². The summed E-state index contributed by atoms with van der Waals surface area (Å²) >= 11 is 0. The van der Waals surface area contributed by atoms with E-state index in [9.17, 15) is 14.0 Å². The number of benzene rings is 2. The first-order valence-electron chi connectivity index (χ1n) is 9.51. The molecule has 0 aliphatic carbocycles. The molecule has 2 N–H and O–H groups in total. The van der Waals surface area contributed by atoms with Gasteiger partial charge in [-0.25, -0.2) is 14.1 Å². The lowest BCUT2D eigenvalue weighted by molar-refractivity contribution is -0.907. The number of imide groups is 1. The molecule has 6 nitrogen and oxygen atoms in total. The molecule has 0 bridgehead atoms. The highest BCUT2D eigenvalue weighted by atomic mass is 19.1. The Kier molecular flexibility index (Phi) is 4.77. The number of rotatable bonds is 4. The standard InChI is InChI=1S/C21H23FN4O2/c1-21(16-5-3-2-4-6-16)19(27)26(20(28)23-21)15-24-11-13-25(14-12-24)18-9-7-17(22)8-10-18/h2-10H,11-15H2,1H3,(H,23,28)/p+1/t21-/m0/s1. The first-order valence-corrected chi connectivity index (χ1v) is 9.51. The molecule has 2 saturated heterocycles. The van der Waals surface area contributed by atoms with Crippen molar-refractivity contribution in [3.05, 3.63) is 66.0 Å². The van der Waals surface area contributed by atoms with Gasteiger partial charge in [0, 0.05) is 5.69 Å². The molecule has 1 atom stereocenters. The lowest BCUT2D eigenvalue weighted by Gasteiger charge is -2.34. The summed E-state index contributed by atoms with van der Waals surface area (Å²) in [5.74, 6) is -0.454. The Morgan fingerprint density at radius 1 is 1.04 bits per heavy atom. The summed E-state index contributed by atoms with van der Waals surface area (Å²) in [7, 11) is 0. The second-order valence-corrected chi connectivity index (χ2v) is 7.53. The first-order chi connectivity index (χ1) is 13.5. The molecular formula is C21H24FN4O2+. The van der Waals surface area contributed by atoms with E-state index >= 15 is 0 Å². The molecular weight excluding hydrogens is 359 g/mol. The van der Waals surface area contributed by atoms with Crippen molar-refractivity contribution in [2.45, 2.75) is 12.5 Å². The van der Waals surface area contributed by atoms with E-state index < -0.39 is 5.54 Å². The van der Waals surface area contributed by atoms with Crippen LogP contribution in [-0.4, -0.2) is 49.7 Å². The number of anilines is 1. The molecule has 4 rings (SSSR count). The van der Waals surface area contributed by atoms with Crippen LogP contribution in [0.5, 0.6) is 0 Å². The van der Waals surface area contributed by atoms with Crippen LogP contribution in [-0.2, 0) is 10.3 Å². The average molecular weight is 383 g/mol. The highest BCUT2D eigenvalue weighted by molar-refractivity contribution is 6.07. The van der Waals surface area contributed by atoms with E-state index in [-0.39, 0.29) is 17.8 Å². The summed E-state index contributed by atoms with van der Waals surface area (Å²) in [5, 5.41) is 2.85. The highest BCUT2D eigenvalue weighted by Gasteiger charge is 2.50. The third-order valence-corrected chi connectivity index (χ3v) is 5.67. The van der Waals surface area contributed by atoms with Crippen molar-refractivity contribution in [2.75, 3.05) is 37.7 Å². The highest BCUT2D eigenvalue weighted by Crippen LogP contribution is 2.28. The predicted molar refractivity (Wildman–Crippen MR) is 103 cm³/mol. The second kappa shape index (κ2) is 7.24. The SMILES string of the molecule is C[C@@]1(c2ccccc2)NC(=O)N(C[NH+]2CCN(c3ccc(F)cc3)CC2)C1=O. The van der Waals surface area contributed by atoms with Crippen LogP contribution in [0.25, 0.3) is 0 Å². The maximum absolute atomic E-state index is 13.1. The molecule has 0 aromatic heterocycles. The number of quaternary nitrogens is 1. The maximum atomic E-state index is 13.1. The number of amides is 3. The molecule has 146 valence electrons. The zero-order chi connectivity index (χ0) is 19.7. The van der Waals surface area contributed by atoms with Crippen molar-refractivity contribution in [3.63, 3.8) is 0 Å². The van der Waals surface area contributed by atoms with Crippen LogP contribution >= 0.6 is 0 Å². The van der Waals surface area contributed by atoms with Crippen molar-refractivity contribution in [1.82, 2.24) is 10.2 Å². The number of halogens is 1. The number of piperazine rings is 1. The normalized spacial score (nSPS) is 23.2. The fourth-order valence-corrected chi connectivity index (χ4v) is 3.92. The van der Waals surface area contributed by atoms with Gasteiger partial charge in [-0.2, -0.15) is 0 Å². The van der Waals surface area contributed by atoms with Gasteiger partial charge in [0.1, 0.15) is 11.4 Å². The molecule has 2 fully saturated rings. The van der Waals surface area contributed by atoms with Crippen LogP contribution in [0.2, 0.25) is 0 Å². The fourth-order valence-electron chi connectivity index (χ4n) is 3.92. The number of nitrogens with one attached hydrogen (secondary N) is 2. The number of hydrogen-bond acceptors (Lipinski definition) is 3. The topological polar surface area (TPSA) is 57.1 Å². The lowest BCUT2D eigenvalue weighted by Crippen LogP contribution is -3.16. The van der Waals surface area contributed by atoms with Gasteiger partial charge in [0.25, 0.3) is 5.91 Å². The van der Waals surface area contributed by atoms with Gasteiger partial charge in [-0.15, -0.1) is 0 Å². The summed E-state index contributed by atoms with van der Waals surface area (Å²) < 4.78 is 13.1. The summed E-state index contributed by atoms with van der Waals surface area (Å²) in [5.41, 5.74) is 0.757. The van der Waals surface area contributed by atoms with Gasteiger partial charge in [0.2, 0.25) is 0 Å². The van der Waals surface area contributed by atoms with Crippen molar-refractivity contribution in [1.29, 1.82) is 0 Å². The van der Waals surface area contributed by atoms with Crippen LogP contribution in [0.3, 0.4) is 0 Å². The third kappa shape index (κ3) is 3.33. The zero-order valence-electron chi connectivity index (χ0n) is 15.8. The van der Waals surface area contributed by atoms with Gasteiger partial charge in [-0.1, -0.05) is 30.3 Å². The van der Waals surface area contributed by atoms with E-state index in [1.165, 1.54) is 21.9 Å². The van der Waals surface area contributed by atoms with E-state index in [2.05, 4.69) is 10.2 Å². The molecule has 7 heteroatoms. The zero-order valence-corrected chi connectivity index (χ0v) is 15.8. The van der Waals surface area contributed by atoms with Crippen molar-refractivity contribution < 1.29 is 18.9 Å². The van der Waals surface area contributed by atoms with E-state index in [0.29, 0.717) is 6.67 Å². The van der Waals surface area contributed by atoms with Crippen LogP contribution in [0.15, 0.2) is 54.6 Å². The number of carbonyl (C=O) groups excluding carboxylic acids is 2. The van der Waals surface area contributed by atoms with E-state index in [1.807, 2.05) is 30.3 Å². The molecule has 28 heavy (non-hydrogen) atoms. The molecule has 0 unspecified atom stereocenters. The Hall–Kier alpha value is -2.93. The molecule has 2 aromatic carbocycles. The molecule has 2 heterocycles. The van der Waals surface area contributed by atoms with E-state index in [1.54, 1.807) is 19.1 Å². The molecule has 0 saturated carbocycles. The molecule has 2 aliphatic heterocycles. The average Bonchev–Trinajstić information content (AvgIpc) is 2.94. The minimum Gasteiger partial charge on any atom is -0.360 e. The number of hydrogen-bond donors (Lipinski definition) is 2. The molecule has 3 amide bonds. The summed E-state index contributed by atoms with van der Waals surface area (Å²) in [6.45, 7) is 5.29. The first kappa shape index (κ1) is 18.4. The minimum atomic E-state index is -1.02. The van der Waals surface area contributed by atoms with Crippen LogP contribution < -0.4 is 15.1 Å². The molecule has 2 aromatic rings. The monoisotopic (exact) mass is 383 g/mol. The van der Waals surface area contributed by atoms with Crippen LogP contribution in [0, 0.1) is 5.82 Å². The maximum Gasteiger partial charge on any atom is 0.329 e. The Balaban J connectivity index is 1.39. The smallest absolute Gasteiger partial charge is 0.329 e. The summed E-state index contributed by atoms with van der Waals surface area (Å²) in [6.07, 6.45) is 0. The van der Waals surface area contributed by atoms with Crippen molar-refractivity contribution >= 4 is 17.6 Å². The van der Waals surface area contributed by atoms with Gasteiger partial charge in [0.15, 0.2) is 6.67 Å². The Labute approximate surface area is 163 Å². The minimum absolute atomic E-state index is 0.211. The fraction of sp³-hybridized carbons (Fsp3) is 0.333. The Bertz CT molecular complexity index is 866. The number of carbonyl (C=O) groups is 2. The summed E-state index contributed by atoms with van der Waals surface area (Å²) in [4.78, 5) is 30.2. The molecule has 2 aliphatic rings. The van der Waals surface area contributed by atoms with E-state index in [0.717, 1.165) is 37.4 Å². The van der Waals surface area contributed by atoms with Gasteiger partial charge < -0.3 is 15.1 Å². The van der Waals surface area contributed by atoms with Gasteiger partial charge in [-0.05, 0) is 36.8 Å². The van der Waals surface area contributed by atoms with Gasteiger partial charge >= 0.3 is 6.03 Å².